The van der Waals surface area contributed by atoms with Crippen molar-refractivity contribution >= 4 is 33.0 Å². The number of nitrogens with zero attached hydrogens (tertiary/aromatic N) is 1. The standard InChI is InChI=1S/C17H23ClN2O3S/c1-16(2)12-7-8-17(16,15(9-12)19-23-3)11-24(21,22)20-14-6-4-5-13(18)10-14/h4-6,10,12,20H,7-9,11H2,1-3H3. The van der Waals surface area contributed by atoms with Crippen molar-refractivity contribution in [1.82, 2.24) is 0 Å². The normalized spacial score (nSPS) is 29.8. The van der Waals surface area contributed by atoms with Crippen LogP contribution in [0.3, 0.4) is 0 Å². The predicted octanol–water partition coefficient (Wildman–Crippen LogP) is 3.91. The summed E-state index contributed by atoms with van der Waals surface area (Å²) in [4.78, 5) is 5.00. The molecule has 1 aromatic rings. The van der Waals surface area contributed by atoms with Gasteiger partial charge in [0.2, 0.25) is 10.0 Å². The van der Waals surface area contributed by atoms with Crippen LogP contribution in [-0.4, -0.2) is 27.0 Å². The Labute approximate surface area is 148 Å². The highest BCUT2D eigenvalue weighted by atomic mass is 35.5. The van der Waals surface area contributed by atoms with Gasteiger partial charge in [0.15, 0.2) is 0 Å². The monoisotopic (exact) mass is 370 g/mol. The molecule has 2 bridgehead atoms. The zero-order chi connectivity index (χ0) is 17.6. The van der Waals surface area contributed by atoms with E-state index in [0.29, 0.717) is 16.6 Å². The highest BCUT2D eigenvalue weighted by molar-refractivity contribution is 7.92. The molecule has 0 heterocycles. The minimum absolute atomic E-state index is 0.0121. The lowest BCUT2D eigenvalue weighted by molar-refractivity contribution is 0.182. The molecule has 2 aliphatic carbocycles. The van der Waals surface area contributed by atoms with Gasteiger partial charge in [-0.05, 0) is 48.8 Å². The van der Waals surface area contributed by atoms with Crippen molar-refractivity contribution in [2.24, 2.45) is 21.9 Å². The van der Waals surface area contributed by atoms with Crippen molar-refractivity contribution in [3.63, 3.8) is 0 Å². The maximum absolute atomic E-state index is 12.8. The number of hydrogen-bond acceptors (Lipinski definition) is 4. The van der Waals surface area contributed by atoms with Gasteiger partial charge in [0, 0.05) is 16.1 Å². The number of anilines is 1. The molecule has 3 rings (SSSR count). The van der Waals surface area contributed by atoms with Gasteiger partial charge in [-0.1, -0.05) is 36.7 Å². The quantitative estimate of drug-likeness (QED) is 0.799. The minimum atomic E-state index is -3.55. The Morgan fingerprint density at radius 2 is 2.17 bits per heavy atom. The van der Waals surface area contributed by atoms with Gasteiger partial charge in [-0.2, -0.15) is 0 Å². The van der Waals surface area contributed by atoms with Crippen molar-refractivity contribution in [3.05, 3.63) is 29.3 Å². The summed E-state index contributed by atoms with van der Waals surface area (Å²) in [5.41, 5.74) is 0.767. The Bertz CT molecular complexity index is 776. The summed E-state index contributed by atoms with van der Waals surface area (Å²) in [7, 11) is -2.03. The molecule has 1 aromatic carbocycles. The Hall–Kier alpha value is -1.27. The van der Waals surface area contributed by atoms with Crippen molar-refractivity contribution in [2.45, 2.75) is 33.1 Å². The topological polar surface area (TPSA) is 67.8 Å². The number of sulfonamides is 1. The second-order valence-corrected chi connectivity index (χ2v) is 9.49. The molecule has 0 radical (unpaired) electrons. The van der Waals surface area contributed by atoms with E-state index in [1.807, 2.05) is 0 Å². The summed E-state index contributed by atoms with van der Waals surface area (Å²) in [6, 6.07) is 6.74. The van der Waals surface area contributed by atoms with Crippen molar-refractivity contribution in [3.8, 4) is 0 Å². The van der Waals surface area contributed by atoms with Crippen LogP contribution in [0.5, 0.6) is 0 Å². The fourth-order valence-electron chi connectivity index (χ4n) is 4.46. The molecule has 1 N–H and O–H groups in total. The Balaban J connectivity index is 1.91. The predicted molar refractivity (Wildman–Crippen MR) is 96.9 cm³/mol. The number of halogens is 1. The SMILES string of the molecule is CON=C1CC2CCC1(CS(=O)(=O)Nc1cccc(Cl)c1)C2(C)C. The van der Waals surface area contributed by atoms with E-state index in [1.165, 1.54) is 7.11 Å². The van der Waals surface area contributed by atoms with Crippen LogP contribution < -0.4 is 4.72 Å². The van der Waals surface area contributed by atoms with Crippen LogP contribution >= 0.6 is 11.6 Å². The van der Waals surface area contributed by atoms with E-state index in [0.717, 1.165) is 25.0 Å². The van der Waals surface area contributed by atoms with Gasteiger partial charge < -0.3 is 4.84 Å². The van der Waals surface area contributed by atoms with Gasteiger partial charge in [-0.25, -0.2) is 8.42 Å². The van der Waals surface area contributed by atoms with Gasteiger partial charge in [-0.15, -0.1) is 0 Å². The molecule has 24 heavy (non-hydrogen) atoms. The van der Waals surface area contributed by atoms with E-state index >= 15 is 0 Å². The van der Waals surface area contributed by atoms with Gasteiger partial charge in [-0.3, -0.25) is 4.72 Å². The van der Waals surface area contributed by atoms with Crippen LogP contribution in [0, 0.1) is 16.7 Å². The molecular weight excluding hydrogens is 348 g/mol. The summed E-state index contributed by atoms with van der Waals surface area (Å²) in [6.07, 6.45) is 2.67. The smallest absolute Gasteiger partial charge is 0.233 e. The van der Waals surface area contributed by atoms with Gasteiger partial charge >= 0.3 is 0 Å². The number of hydrogen-bond donors (Lipinski definition) is 1. The summed E-state index contributed by atoms with van der Waals surface area (Å²) in [6.45, 7) is 4.30. The highest BCUT2D eigenvalue weighted by Gasteiger charge is 2.64. The third kappa shape index (κ3) is 2.80. The number of oxime groups is 1. The molecule has 0 aromatic heterocycles. The van der Waals surface area contributed by atoms with Crippen molar-refractivity contribution in [1.29, 1.82) is 0 Å². The molecule has 7 heteroatoms. The van der Waals surface area contributed by atoms with E-state index in [-0.39, 0.29) is 11.2 Å². The fraction of sp³-hybridized carbons (Fsp3) is 0.588. The van der Waals surface area contributed by atoms with Crippen LogP contribution in [0.4, 0.5) is 5.69 Å². The van der Waals surface area contributed by atoms with Crippen LogP contribution in [-0.2, 0) is 14.9 Å². The second-order valence-electron chi connectivity index (χ2n) is 7.34. The average molecular weight is 371 g/mol. The zero-order valence-electron chi connectivity index (χ0n) is 14.2. The summed E-state index contributed by atoms with van der Waals surface area (Å²) in [5, 5.41) is 4.68. The lowest BCUT2D eigenvalue weighted by atomic mass is 9.70. The van der Waals surface area contributed by atoms with Crippen LogP contribution in [0.1, 0.15) is 33.1 Å². The first-order valence-electron chi connectivity index (χ1n) is 8.07. The third-order valence-electron chi connectivity index (χ3n) is 5.90. The van der Waals surface area contributed by atoms with E-state index < -0.39 is 15.4 Å². The maximum Gasteiger partial charge on any atom is 0.233 e. The Morgan fingerprint density at radius 1 is 1.42 bits per heavy atom. The first-order valence-corrected chi connectivity index (χ1v) is 10.1. The van der Waals surface area contributed by atoms with Gasteiger partial charge in [0.05, 0.1) is 11.5 Å². The fourth-order valence-corrected chi connectivity index (χ4v) is 6.55. The molecule has 2 saturated carbocycles. The molecule has 0 amide bonds. The molecule has 0 saturated heterocycles. The largest absolute Gasteiger partial charge is 0.399 e. The number of benzene rings is 1. The van der Waals surface area contributed by atoms with E-state index in [1.54, 1.807) is 24.3 Å². The van der Waals surface area contributed by atoms with Crippen molar-refractivity contribution < 1.29 is 13.3 Å². The maximum atomic E-state index is 12.8. The minimum Gasteiger partial charge on any atom is -0.399 e. The van der Waals surface area contributed by atoms with E-state index in [9.17, 15) is 8.42 Å². The summed E-state index contributed by atoms with van der Waals surface area (Å²) < 4.78 is 28.3. The first kappa shape index (κ1) is 17.5. The molecule has 5 nitrogen and oxygen atoms in total. The van der Waals surface area contributed by atoms with E-state index in [4.69, 9.17) is 16.4 Å². The number of fused-ring (bicyclic) bond motifs is 2. The number of nitrogens with one attached hydrogen (secondary N) is 1. The molecule has 2 aliphatic rings. The van der Waals surface area contributed by atoms with Gasteiger partial charge in [0.1, 0.15) is 7.11 Å². The Kier molecular flexibility index (Phi) is 4.33. The Morgan fingerprint density at radius 3 is 2.79 bits per heavy atom. The lowest BCUT2D eigenvalue weighted by Crippen LogP contribution is -2.43. The van der Waals surface area contributed by atoms with Gasteiger partial charge in [0.25, 0.3) is 0 Å². The van der Waals surface area contributed by atoms with Crippen LogP contribution in [0.2, 0.25) is 5.02 Å². The van der Waals surface area contributed by atoms with E-state index in [2.05, 4.69) is 23.7 Å². The van der Waals surface area contributed by atoms with Crippen LogP contribution in [0.15, 0.2) is 29.4 Å². The van der Waals surface area contributed by atoms with Crippen LogP contribution in [0.25, 0.3) is 0 Å². The first-order chi connectivity index (χ1) is 11.2. The molecule has 0 aliphatic heterocycles. The number of rotatable bonds is 5. The highest BCUT2D eigenvalue weighted by Crippen LogP contribution is 2.64. The lowest BCUT2D eigenvalue weighted by Gasteiger charge is -2.37. The summed E-state index contributed by atoms with van der Waals surface area (Å²) >= 11 is 5.94. The molecule has 2 unspecified atom stereocenters. The second kappa shape index (κ2) is 5.92. The van der Waals surface area contributed by atoms with Crippen molar-refractivity contribution in [2.75, 3.05) is 17.6 Å². The zero-order valence-corrected chi connectivity index (χ0v) is 15.7. The molecular formula is C17H23ClN2O3S. The molecule has 0 spiro atoms. The third-order valence-corrected chi connectivity index (χ3v) is 7.56. The summed E-state index contributed by atoms with van der Waals surface area (Å²) in [5.74, 6) is 0.464. The molecule has 2 fully saturated rings. The molecule has 2 atom stereocenters. The molecule has 132 valence electrons. The average Bonchev–Trinajstić information content (AvgIpc) is 2.81.